The molecule has 1 aliphatic carbocycles. The van der Waals surface area contributed by atoms with Crippen molar-refractivity contribution in [3.8, 4) is 0 Å². The van der Waals surface area contributed by atoms with E-state index >= 15 is 0 Å². The van der Waals surface area contributed by atoms with Crippen LogP contribution in [0.25, 0.3) is 0 Å². The second kappa shape index (κ2) is 6.02. The standard InChI is InChI=1S/C16H21N3/c1-3-13(11-15(4-1)14-6-7-14)12-17-8-2-5-16-18-9-10-19-16/h1,3-4,9-11,14,17H,2,5-8,12H2,(H,18,19). The van der Waals surface area contributed by atoms with E-state index in [2.05, 4.69) is 39.6 Å². The Bertz CT molecular complexity index is 500. The predicted molar refractivity (Wildman–Crippen MR) is 77.0 cm³/mol. The number of aromatic amines is 1. The fourth-order valence-corrected chi connectivity index (χ4v) is 2.42. The van der Waals surface area contributed by atoms with Crippen molar-refractivity contribution < 1.29 is 0 Å². The number of hydrogen-bond acceptors (Lipinski definition) is 2. The molecule has 0 amide bonds. The van der Waals surface area contributed by atoms with Gasteiger partial charge < -0.3 is 10.3 Å². The number of nitrogens with one attached hydrogen (secondary N) is 2. The van der Waals surface area contributed by atoms with Crippen molar-refractivity contribution >= 4 is 0 Å². The maximum atomic E-state index is 4.23. The molecule has 1 aromatic carbocycles. The average molecular weight is 255 g/mol. The average Bonchev–Trinajstić information content (AvgIpc) is 3.17. The van der Waals surface area contributed by atoms with Crippen LogP contribution in [0.4, 0.5) is 0 Å². The SMILES string of the molecule is c1cc(CNCCCc2ncc[nH]2)cc(C2CC2)c1. The number of nitrogens with zero attached hydrogens (tertiary/aromatic N) is 1. The van der Waals surface area contributed by atoms with Gasteiger partial charge in [-0.05, 0) is 42.9 Å². The molecule has 0 spiro atoms. The first kappa shape index (κ1) is 12.4. The van der Waals surface area contributed by atoms with Crippen molar-refractivity contribution in [1.82, 2.24) is 15.3 Å². The van der Waals surface area contributed by atoms with Gasteiger partial charge in [0.2, 0.25) is 0 Å². The summed E-state index contributed by atoms with van der Waals surface area (Å²) in [7, 11) is 0. The summed E-state index contributed by atoms with van der Waals surface area (Å²) in [5, 5.41) is 3.51. The fourth-order valence-electron chi connectivity index (χ4n) is 2.42. The molecule has 1 heterocycles. The fraction of sp³-hybridized carbons (Fsp3) is 0.438. The zero-order chi connectivity index (χ0) is 12.9. The Balaban J connectivity index is 1.38. The Kier molecular flexibility index (Phi) is 3.94. The molecule has 0 unspecified atom stereocenters. The van der Waals surface area contributed by atoms with Crippen LogP contribution in [-0.4, -0.2) is 16.5 Å². The van der Waals surface area contributed by atoms with E-state index in [4.69, 9.17) is 0 Å². The van der Waals surface area contributed by atoms with E-state index in [1.54, 1.807) is 0 Å². The third-order valence-electron chi connectivity index (χ3n) is 3.65. The van der Waals surface area contributed by atoms with E-state index in [1.165, 1.54) is 24.0 Å². The molecule has 3 heteroatoms. The molecule has 1 saturated carbocycles. The van der Waals surface area contributed by atoms with Crippen LogP contribution in [0.5, 0.6) is 0 Å². The number of aromatic nitrogens is 2. The van der Waals surface area contributed by atoms with Gasteiger partial charge >= 0.3 is 0 Å². The topological polar surface area (TPSA) is 40.7 Å². The smallest absolute Gasteiger partial charge is 0.106 e. The molecule has 1 aliphatic rings. The summed E-state index contributed by atoms with van der Waals surface area (Å²) in [5.74, 6) is 1.93. The Morgan fingerprint density at radius 2 is 2.26 bits per heavy atom. The number of aryl methyl sites for hydroxylation is 1. The van der Waals surface area contributed by atoms with Gasteiger partial charge in [-0.25, -0.2) is 4.98 Å². The number of H-pyrrole nitrogens is 1. The van der Waals surface area contributed by atoms with Gasteiger partial charge in [-0.1, -0.05) is 24.3 Å². The maximum absolute atomic E-state index is 4.23. The van der Waals surface area contributed by atoms with Gasteiger partial charge in [0.15, 0.2) is 0 Å². The third-order valence-corrected chi connectivity index (χ3v) is 3.65. The molecule has 0 atom stereocenters. The largest absolute Gasteiger partial charge is 0.349 e. The van der Waals surface area contributed by atoms with Gasteiger partial charge in [-0.2, -0.15) is 0 Å². The van der Waals surface area contributed by atoms with Crippen molar-refractivity contribution in [3.63, 3.8) is 0 Å². The third kappa shape index (κ3) is 3.67. The summed E-state index contributed by atoms with van der Waals surface area (Å²) in [6.07, 6.45) is 8.58. The lowest BCUT2D eigenvalue weighted by Crippen LogP contribution is -2.15. The quantitative estimate of drug-likeness (QED) is 0.747. The maximum Gasteiger partial charge on any atom is 0.106 e. The van der Waals surface area contributed by atoms with Crippen LogP contribution in [-0.2, 0) is 13.0 Å². The first-order valence-electron chi connectivity index (χ1n) is 7.19. The Morgan fingerprint density at radius 1 is 1.32 bits per heavy atom. The number of rotatable bonds is 7. The molecule has 2 N–H and O–H groups in total. The minimum atomic E-state index is 0.846. The zero-order valence-corrected chi connectivity index (χ0v) is 11.2. The minimum absolute atomic E-state index is 0.846. The number of benzene rings is 1. The molecule has 3 nitrogen and oxygen atoms in total. The number of hydrogen-bond donors (Lipinski definition) is 2. The summed E-state index contributed by atoms with van der Waals surface area (Å²) in [6.45, 7) is 2.01. The summed E-state index contributed by atoms with van der Waals surface area (Å²) < 4.78 is 0. The van der Waals surface area contributed by atoms with Crippen LogP contribution in [0.15, 0.2) is 36.7 Å². The second-order valence-corrected chi connectivity index (χ2v) is 5.34. The molecule has 0 bridgehead atoms. The van der Waals surface area contributed by atoms with Crippen molar-refractivity contribution in [1.29, 1.82) is 0 Å². The first-order valence-corrected chi connectivity index (χ1v) is 7.19. The molecule has 100 valence electrons. The molecule has 1 aromatic heterocycles. The molecular weight excluding hydrogens is 234 g/mol. The van der Waals surface area contributed by atoms with E-state index in [0.29, 0.717) is 0 Å². The Labute approximate surface area is 114 Å². The van der Waals surface area contributed by atoms with E-state index < -0.39 is 0 Å². The first-order chi connectivity index (χ1) is 9.42. The molecule has 0 radical (unpaired) electrons. The van der Waals surface area contributed by atoms with E-state index in [-0.39, 0.29) is 0 Å². The van der Waals surface area contributed by atoms with Gasteiger partial charge in [0.05, 0.1) is 0 Å². The summed E-state index contributed by atoms with van der Waals surface area (Å²) in [6, 6.07) is 9.02. The van der Waals surface area contributed by atoms with Crippen molar-refractivity contribution in [2.75, 3.05) is 6.54 Å². The second-order valence-electron chi connectivity index (χ2n) is 5.34. The van der Waals surface area contributed by atoms with Gasteiger partial charge in [0.1, 0.15) is 5.82 Å². The minimum Gasteiger partial charge on any atom is -0.349 e. The molecule has 3 rings (SSSR count). The van der Waals surface area contributed by atoms with Crippen LogP contribution >= 0.6 is 0 Å². The van der Waals surface area contributed by atoms with E-state index in [1.807, 2.05) is 12.4 Å². The van der Waals surface area contributed by atoms with Gasteiger partial charge in [-0.15, -0.1) is 0 Å². The molecule has 1 fully saturated rings. The summed E-state index contributed by atoms with van der Waals surface area (Å²) in [5.41, 5.74) is 2.93. The lowest BCUT2D eigenvalue weighted by atomic mass is 10.1. The van der Waals surface area contributed by atoms with Crippen LogP contribution in [0.3, 0.4) is 0 Å². The number of imidazole rings is 1. The van der Waals surface area contributed by atoms with Gasteiger partial charge in [-0.3, -0.25) is 0 Å². The van der Waals surface area contributed by atoms with Crippen molar-refractivity contribution in [2.45, 2.75) is 38.1 Å². The van der Waals surface area contributed by atoms with Crippen LogP contribution < -0.4 is 5.32 Å². The van der Waals surface area contributed by atoms with Crippen LogP contribution in [0.2, 0.25) is 0 Å². The van der Waals surface area contributed by atoms with Crippen LogP contribution in [0, 0.1) is 0 Å². The lowest BCUT2D eigenvalue weighted by molar-refractivity contribution is 0.640. The molecule has 19 heavy (non-hydrogen) atoms. The van der Waals surface area contributed by atoms with Crippen molar-refractivity contribution in [3.05, 3.63) is 53.6 Å². The highest BCUT2D eigenvalue weighted by Crippen LogP contribution is 2.40. The Morgan fingerprint density at radius 3 is 3.05 bits per heavy atom. The highest BCUT2D eigenvalue weighted by molar-refractivity contribution is 5.29. The summed E-state index contributed by atoms with van der Waals surface area (Å²) in [4.78, 5) is 7.36. The normalized spacial score (nSPS) is 14.7. The molecule has 0 aliphatic heterocycles. The summed E-state index contributed by atoms with van der Waals surface area (Å²) >= 11 is 0. The van der Waals surface area contributed by atoms with Gasteiger partial charge in [0.25, 0.3) is 0 Å². The van der Waals surface area contributed by atoms with E-state index in [0.717, 1.165) is 37.7 Å². The van der Waals surface area contributed by atoms with E-state index in [9.17, 15) is 0 Å². The zero-order valence-electron chi connectivity index (χ0n) is 11.2. The molecular formula is C16H21N3. The highest BCUT2D eigenvalue weighted by atomic mass is 14.9. The Hall–Kier alpha value is -1.61. The molecule has 0 saturated heterocycles. The monoisotopic (exact) mass is 255 g/mol. The van der Waals surface area contributed by atoms with Crippen LogP contribution in [0.1, 0.15) is 42.1 Å². The molecule has 2 aromatic rings. The predicted octanol–water partition coefficient (Wildman–Crippen LogP) is 3.01. The highest BCUT2D eigenvalue weighted by Gasteiger charge is 2.23. The van der Waals surface area contributed by atoms with Crippen molar-refractivity contribution in [2.24, 2.45) is 0 Å². The lowest BCUT2D eigenvalue weighted by Gasteiger charge is -2.06. The van der Waals surface area contributed by atoms with Gasteiger partial charge in [0, 0.05) is 25.4 Å².